The maximum atomic E-state index is 4.37. The average molecular weight is 216 g/mol. The predicted octanol–water partition coefficient (Wildman–Crippen LogP) is 2.04. The fraction of sp³-hybridized carbons (Fsp3) is 0.500. The molecule has 2 heterocycles. The van der Waals surface area contributed by atoms with Crippen molar-refractivity contribution in [3.05, 3.63) is 18.6 Å². The number of pyridine rings is 1. The molecular formula is C12H16N4. The molecule has 84 valence electrons. The van der Waals surface area contributed by atoms with Crippen LogP contribution in [-0.4, -0.2) is 21.1 Å². The fourth-order valence-electron chi connectivity index (χ4n) is 2.10. The molecule has 3 rings (SSSR count). The van der Waals surface area contributed by atoms with Crippen LogP contribution in [0.1, 0.15) is 13.3 Å². The van der Waals surface area contributed by atoms with Crippen molar-refractivity contribution < 1.29 is 0 Å². The van der Waals surface area contributed by atoms with Crippen LogP contribution in [0.4, 0.5) is 5.82 Å². The Balaban J connectivity index is 1.85. The molecule has 4 nitrogen and oxygen atoms in total. The number of nitrogens with one attached hydrogen (secondary N) is 1. The van der Waals surface area contributed by atoms with Gasteiger partial charge in [0.2, 0.25) is 0 Å². The number of anilines is 1. The number of aromatic nitrogens is 3. The molecular weight excluding hydrogens is 200 g/mol. The highest BCUT2D eigenvalue weighted by Crippen LogP contribution is 2.37. The molecule has 1 fully saturated rings. The van der Waals surface area contributed by atoms with E-state index in [1.807, 2.05) is 30.2 Å². The first-order valence-corrected chi connectivity index (χ1v) is 5.75. The minimum Gasteiger partial charge on any atom is -0.368 e. The van der Waals surface area contributed by atoms with Gasteiger partial charge >= 0.3 is 0 Å². The van der Waals surface area contributed by atoms with Crippen molar-refractivity contribution >= 4 is 16.9 Å². The summed E-state index contributed by atoms with van der Waals surface area (Å²) in [6, 6.07) is 1.99. The van der Waals surface area contributed by atoms with Gasteiger partial charge in [-0.1, -0.05) is 6.92 Å². The smallest absolute Gasteiger partial charge is 0.154 e. The van der Waals surface area contributed by atoms with E-state index < -0.39 is 0 Å². The molecule has 0 saturated heterocycles. The highest BCUT2D eigenvalue weighted by molar-refractivity contribution is 5.85. The lowest BCUT2D eigenvalue weighted by Crippen LogP contribution is -2.06. The van der Waals surface area contributed by atoms with E-state index in [4.69, 9.17) is 0 Å². The number of hydrogen-bond acceptors (Lipinski definition) is 3. The summed E-state index contributed by atoms with van der Waals surface area (Å²) in [4.78, 5) is 8.73. The second-order valence-corrected chi connectivity index (χ2v) is 4.74. The standard InChI is InChI=1S/C12H16N4/c1-8-5-9(8)6-14-12-11-10(3-4-13-12)16(2)7-15-11/h3-4,7-9H,5-6H2,1-2H3,(H,13,14). The molecule has 2 unspecified atom stereocenters. The Morgan fingerprint density at radius 2 is 2.31 bits per heavy atom. The molecule has 2 aromatic rings. The lowest BCUT2D eigenvalue weighted by molar-refractivity contribution is 0.785. The van der Waals surface area contributed by atoms with E-state index in [1.165, 1.54) is 6.42 Å². The molecule has 0 spiro atoms. The molecule has 16 heavy (non-hydrogen) atoms. The molecule has 0 amide bonds. The lowest BCUT2D eigenvalue weighted by atomic mass is 10.3. The van der Waals surface area contributed by atoms with E-state index in [2.05, 4.69) is 22.2 Å². The van der Waals surface area contributed by atoms with E-state index in [-0.39, 0.29) is 0 Å². The van der Waals surface area contributed by atoms with Gasteiger partial charge in [-0.25, -0.2) is 9.97 Å². The van der Waals surface area contributed by atoms with Gasteiger partial charge in [-0.3, -0.25) is 0 Å². The Morgan fingerprint density at radius 1 is 1.50 bits per heavy atom. The SMILES string of the molecule is CC1CC1CNc1nccc2c1ncn2C. The highest BCUT2D eigenvalue weighted by Gasteiger charge is 2.32. The lowest BCUT2D eigenvalue weighted by Gasteiger charge is -2.05. The van der Waals surface area contributed by atoms with Gasteiger partial charge in [-0.2, -0.15) is 0 Å². The third-order valence-corrected chi connectivity index (χ3v) is 3.45. The van der Waals surface area contributed by atoms with Gasteiger partial charge in [-0.15, -0.1) is 0 Å². The third-order valence-electron chi connectivity index (χ3n) is 3.45. The summed E-state index contributed by atoms with van der Waals surface area (Å²) in [6.45, 7) is 3.31. The van der Waals surface area contributed by atoms with E-state index in [9.17, 15) is 0 Å². The number of hydrogen-bond donors (Lipinski definition) is 1. The van der Waals surface area contributed by atoms with Crippen molar-refractivity contribution in [2.75, 3.05) is 11.9 Å². The van der Waals surface area contributed by atoms with Crippen LogP contribution in [0, 0.1) is 11.8 Å². The van der Waals surface area contributed by atoms with Gasteiger partial charge in [0.25, 0.3) is 0 Å². The van der Waals surface area contributed by atoms with Crippen LogP contribution < -0.4 is 5.32 Å². The van der Waals surface area contributed by atoms with Gasteiger partial charge in [0, 0.05) is 19.8 Å². The average Bonchev–Trinajstić information content (AvgIpc) is 2.86. The molecule has 0 bridgehead atoms. The first-order valence-electron chi connectivity index (χ1n) is 5.75. The Morgan fingerprint density at radius 3 is 3.06 bits per heavy atom. The van der Waals surface area contributed by atoms with Crippen LogP contribution in [0.2, 0.25) is 0 Å². The molecule has 1 saturated carbocycles. The summed E-state index contributed by atoms with van der Waals surface area (Å²) < 4.78 is 2.02. The van der Waals surface area contributed by atoms with Gasteiger partial charge in [0.15, 0.2) is 5.82 Å². The van der Waals surface area contributed by atoms with E-state index in [1.54, 1.807) is 0 Å². The zero-order valence-electron chi connectivity index (χ0n) is 9.64. The largest absolute Gasteiger partial charge is 0.368 e. The number of rotatable bonds is 3. The summed E-state index contributed by atoms with van der Waals surface area (Å²) in [5.74, 6) is 2.61. The Hall–Kier alpha value is -1.58. The maximum absolute atomic E-state index is 4.37. The van der Waals surface area contributed by atoms with Gasteiger partial charge in [-0.05, 0) is 24.3 Å². The van der Waals surface area contributed by atoms with Crippen molar-refractivity contribution in [2.45, 2.75) is 13.3 Å². The van der Waals surface area contributed by atoms with Gasteiger partial charge < -0.3 is 9.88 Å². The number of fused-ring (bicyclic) bond motifs is 1. The Kier molecular flexibility index (Phi) is 2.09. The summed E-state index contributed by atoms with van der Waals surface area (Å²) in [5, 5.41) is 3.41. The van der Waals surface area contributed by atoms with E-state index >= 15 is 0 Å². The van der Waals surface area contributed by atoms with Crippen LogP contribution in [0.15, 0.2) is 18.6 Å². The van der Waals surface area contributed by atoms with E-state index in [0.29, 0.717) is 0 Å². The Labute approximate surface area is 94.7 Å². The first kappa shape index (κ1) is 9.63. The van der Waals surface area contributed by atoms with Gasteiger partial charge in [0.05, 0.1) is 11.8 Å². The number of nitrogens with zero attached hydrogens (tertiary/aromatic N) is 3. The molecule has 0 aliphatic heterocycles. The molecule has 2 aromatic heterocycles. The van der Waals surface area contributed by atoms with Gasteiger partial charge in [0.1, 0.15) is 5.52 Å². The minimum absolute atomic E-state index is 0.820. The Bertz CT molecular complexity index is 517. The summed E-state index contributed by atoms with van der Waals surface area (Å²) in [7, 11) is 2.00. The van der Waals surface area contributed by atoms with E-state index in [0.717, 1.165) is 35.2 Å². The highest BCUT2D eigenvalue weighted by atomic mass is 15.1. The zero-order valence-corrected chi connectivity index (χ0v) is 9.64. The van der Waals surface area contributed by atoms with Crippen molar-refractivity contribution in [3.8, 4) is 0 Å². The normalized spacial score (nSPS) is 23.6. The summed E-state index contributed by atoms with van der Waals surface area (Å²) >= 11 is 0. The van der Waals surface area contributed by atoms with Crippen molar-refractivity contribution in [2.24, 2.45) is 18.9 Å². The van der Waals surface area contributed by atoms with Crippen LogP contribution in [0.5, 0.6) is 0 Å². The molecule has 0 aromatic carbocycles. The molecule has 1 aliphatic rings. The van der Waals surface area contributed by atoms with Crippen LogP contribution >= 0.6 is 0 Å². The number of aryl methyl sites for hydroxylation is 1. The van der Waals surface area contributed by atoms with Crippen LogP contribution in [0.25, 0.3) is 11.0 Å². The van der Waals surface area contributed by atoms with Crippen LogP contribution in [-0.2, 0) is 7.05 Å². The number of imidazole rings is 1. The minimum atomic E-state index is 0.820. The molecule has 0 radical (unpaired) electrons. The molecule has 1 N–H and O–H groups in total. The van der Waals surface area contributed by atoms with Crippen LogP contribution in [0.3, 0.4) is 0 Å². The predicted molar refractivity (Wildman–Crippen MR) is 64.3 cm³/mol. The summed E-state index contributed by atoms with van der Waals surface area (Å²) in [5.41, 5.74) is 2.10. The third kappa shape index (κ3) is 1.54. The second-order valence-electron chi connectivity index (χ2n) is 4.74. The molecule has 2 atom stereocenters. The van der Waals surface area contributed by atoms with Crippen molar-refractivity contribution in [1.29, 1.82) is 0 Å². The molecule has 1 aliphatic carbocycles. The fourth-order valence-corrected chi connectivity index (χ4v) is 2.10. The summed E-state index contributed by atoms with van der Waals surface area (Å²) in [6.07, 6.45) is 5.01. The maximum Gasteiger partial charge on any atom is 0.154 e. The quantitative estimate of drug-likeness (QED) is 0.853. The van der Waals surface area contributed by atoms with Crippen molar-refractivity contribution in [1.82, 2.24) is 14.5 Å². The second kappa shape index (κ2) is 3.47. The molecule has 4 heteroatoms. The zero-order chi connectivity index (χ0) is 11.1. The first-order chi connectivity index (χ1) is 7.75. The van der Waals surface area contributed by atoms with Crippen molar-refractivity contribution in [3.63, 3.8) is 0 Å². The monoisotopic (exact) mass is 216 g/mol. The topological polar surface area (TPSA) is 42.7 Å².